The van der Waals surface area contributed by atoms with Gasteiger partial charge in [-0.1, -0.05) is 11.6 Å². The summed E-state index contributed by atoms with van der Waals surface area (Å²) in [5.41, 5.74) is 0. The van der Waals surface area contributed by atoms with Crippen LogP contribution >= 0.6 is 22.3 Å². The van der Waals surface area contributed by atoms with E-state index in [1.54, 1.807) is 12.1 Å². The third-order valence-corrected chi connectivity index (χ3v) is 2.12. The van der Waals surface area contributed by atoms with Crippen LogP contribution in [0.5, 0.6) is 5.75 Å². The average molecular weight is 239 g/mol. The molecule has 1 rings (SSSR count). The molecule has 0 unspecified atom stereocenters. The van der Waals surface area contributed by atoms with E-state index in [1.807, 2.05) is 0 Å². The van der Waals surface area contributed by atoms with Crippen LogP contribution in [-0.2, 0) is 10.0 Å². The number of hydrogen-bond acceptors (Lipinski definition) is 3. The zero-order chi connectivity index (χ0) is 9.84. The molecular weight excluding hydrogens is 235 g/mol. The van der Waals surface area contributed by atoms with Crippen LogP contribution in [0.2, 0.25) is 5.02 Å². The van der Waals surface area contributed by atoms with Crippen LogP contribution in [0.4, 0.5) is 4.79 Å². The van der Waals surface area contributed by atoms with Crippen molar-refractivity contribution in [3.63, 3.8) is 0 Å². The molecule has 0 spiro atoms. The maximum Gasteiger partial charge on any atom is 0.418 e. The number of hydrogen-bond donors (Lipinski definition) is 0. The number of carbonyl (C=O) groups excluding carboxylic acids is 1. The molecule has 0 aromatic heterocycles. The van der Waals surface area contributed by atoms with Gasteiger partial charge in [0.1, 0.15) is 5.75 Å². The Morgan fingerprint density at radius 1 is 1.31 bits per heavy atom. The SMILES string of the molecule is O=C(Oc1ccc(Cl)cc1)[S@@](=O)Cl. The van der Waals surface area contributed by atoms with Gasteiger partial charge in [0.2, 0.25) is 10.0 Å². The Hall–Kier alpha value is -0.580. The summed E-state index contributed by atoms with van der Waals surface area (Å²) >= 11 is 5.58. The van der Waals surface area contributed by atoms with E-state index in [9.17, 15) is 9.00 Å². The topological polar surface area (TPSA) is 43.4 Å². The maximum absolute atomic E-state index is 10.7. The molecule has 0 heterocycles. The zero-order valence-corrected chi connectivity index (χ0v) is 8.53. The highest BCUT2D eigenvalue weighted by Gasteiger charge is 2.10. The molecule has 70 valence electrons. The standard InChI is InChI=1S/C7H4Cl2O3S/c8-5-1-3-6(4-2-5)12-7(10)13(9)11/h1-4H/t13-/m1/s1. The van der Waals surface area contributed by atoms with Crippen molar-refractivity contribution in [1.29, 1.82) is 0 Å². The van der Waals surface area contributed by atoms with Crippen LogP contribution in [0.3, 0.4) is 0 Å². The van der Waals surface area contributed by atoms with Gasteiger partial charge in [0.25, 0.3) is 0 Å². The van der Waals surface area contributed by atoms with E-state index in [4.69, 9.17) is 22.3 Å². The summed E-state index contributed by atoms with van der Waals surface area (Å²) in [6.07, 6.45) is 0. The van der Waals surface area contributed by atoms with Crippen molar-refractivity contribution >= 4 is 37.6 Å². The van der Waals surface area contributed by atoms with Gasteiger partial charge < -0.3 is 4.74 Å². The summed E-state index contributed by atoms with van der Waals surface area (Å²) in [4.78, 5) is 10.7. The van der Waals surface area contributed by atoms with Crippen LogP contribution in [-0.4, -0.2) is 9.51 Å². The second-order valence-electron chi connectivity index (χ2n) is 2.03. The summed E-state index contributed by atoms with van der Waals surface area (Å²) in [5.74, 6) is 0.253. The van der Waals surface area contributed by atoms with E-state index in [0.717, 1.165) is 0 Å². The molecule has 3 nitrogen and oxygen atoms in total. The lowest BCUT2D eigenvalue weighted by molar-refractivity contribution is 0.226. The van der Waals surface area contributed by atoms with Gasteiger partial charge in [-0.2, -0.15) is 0 Å². The highest BCUT2D eigenvalue weighted by molar-refractivity contribution is 8.20. The molecule has 0 N–H and O–H groups in total. The molecule has 0 saturated heterocycles. The van der Waals surface area contributed by atoms with E-state index in [1.165, 1.54) is 12.1 Å². The van der Waals surface area contributed by atoms with Gasteiger partial charge >= 0.3 is 5.30 Å². The van der Waals surface area contributed by atoms with E-state index in [2.05, 4.69) is 4.74 Å². The van der Waals surface area contributed by atoms with E-state index in [-0.39, 0.29) is 5.75 Å². The number of halogens is 2. The minimum Gasteiger partial charge on any atom is -0.416 e. The minimum absolute atomic E-state index is 0.253. The molecule has 0 aliphatic heterocycles. The quantitative estimate of drug-likeness (QED) is 0.559. The molecule has 0 bridgehead atoms. The molecule has 0 aliphatic carbocycles. The molecular formula is C7H4Cl2O3S. The predicted molar refractivity (Wildman–Crippen MR) is 51.5 cm³/mol. The van der Waals surface area contributed by atoms with Gasteiger partial charge in [0.15, 0.2) is 0 Å². The first-order valence-electron chi connectivity index (χ1n) is 3.15. The summed E-state index contributed by atoms with van der Waals surface area (Å²) in [5, 5.41) is -0.476. The van der Waals surface area contributed by atoms with Crippen LogP contribution in [0.25, 0.3) is 0 Å². The molecule has 13 heavy (non-hydrogen) atoms. The van der Waals surface area contributed by atoms with Gasteiger partial charge in [-0.05, 0) is 24.3 Å². The number of rotatable bonds is 1. The lowest BCUT2D eigenvalue weighted by Crippen LogP contribution is -2.07. The summed E-state index contributed by atoms with van der Waals surface area (Å²) < 4.78 is 15.0. The van der Waals surface area contributed by atoms with Crippen molar-refractivity contribution in [3.05, 3.63) is 29.3 Å². The fraction of sp³-hybridized carbons (Fsp3) is 0. The number of carbonyl (C=O) groups is 1. The lowest BCUT2D eigenvalue weighted by Gasteiger charge is -1.99. The van der Waals surface area contributed by atoms with Crippen LogP contribution in [0.1, 0.15) is 0 Å². The first kappa shape index (κ1) is 10.5. The van der Waals surface area contributed by atoms with Crippen molar-refractivity contribution < 1.29 is 13.7 Å². The summed E-state index contributed by atoms with van der Waals surface area (Å²) in [6.45, 7) is 0. The largest absolute Gasteiger partial charge is 0.418 e. The van der Waals surface area contributed by atoms with Crippen LogP contribution in [0.15, 0.2) is 24.3 Å². The second-order valence-corrected chi connectivity index (χ2v) is 4.09. The van der Waals surface area contributed by atoms with Gasteiger partial charge in [0.05, 0.1) is 0 Å². The van der Waals surface area contributed by atoms with Gasteiger partial charge in [-0.3, -0.25) is 0 Å². The van der Waals surface area contributed by atoms with Crippen molar-refractivity contribution in [1.82, 2.24) is 0 Å². The third kappa shape index (κ3) is 3.34. The first-order valence-corrected chi connectivity index (χ1v) is 5.50. The van der Waals surface area contributed by atoms with Gasteiger partial charge in [-0.25, -0.2) is 9.00 Å². The zero-order valence-electron chi connectivity index (χ0n) is 6.20. The minimum atomic E-state index is -2.14. The lowest BCUT2D eigenvalue weighted by atomic mass is 10.3. The Bertz CT molecular complexity index is 336. The predicted octanol–water partition coefficient (Wildman–Crippen LogP) is 2.74. The van der Waals surface area contributed by atoms with E-state index in [0.29, 0.717) is 5.02 Å². The molecule has 0 radical (unpaired) electrons. The highest BCUT2D eigenvalue weighted by Crippen LogP contribution is 2.16. The number of benzene rings is 1. The Morgan fingerprint density at radius 3 is 2.31 bits per heavy atom. The third-order valence-electron chi connectivity index (χ3n) is 1.15. The fourth-order valence-corrected chi connectivity index (χ4v) is 1.01. The van der Waals surface area contributed by atoms with Crippen LogP contribution in [0, 0.1) is 0 Å². The fourth-order valence-electron chi connectivity index (χ4n) is 0.632. The molecule has 1 aromatic rings. The van der Waals surface area contributed by atoms with Gasteiger partial charge in [-0.15, -0.1) is 0 Å². The molecule has 0 fully saturated rings. The Labute approximate surface area is 86.6 Å². The number of ether oxygens (including phenoxy) is 1. The van der Waals surface area contributed by atoms with Crippen molar-refractivity contribution in [2.24, 2.45) is 0 Å². The molecule has 1 atom stereocenters. The van der Waals surface area contributed by atoms with Crippen molar-refractivity contribution in [2.45, 2.75) is 0 Å². The smallest absolute Gasteiger partial charge is 0.416 e. The van der Waals surface area contributed by atoms with Crippen molar-refractivity contribution in [3.8, 4) is 5.75 Å². The molecule has 1 aromatic carbocycles. The van der Waals surface area contributed by atoms with Crippen LogP contribution < -0.4 is 4.74 Å². The van der Waals surface area contributed by atoms with Gasteiger partial charge in [0, 0.05) is 15.7 Å². The first-order chi connectivity index (χ1) is 6.09. The van der Waals surface area contributed by atoms with E-state index < -0.39 is 15.3 Å². The molecule has 0 amide bonds. The monoisotopic (exact) mass is 238 g/mol. The average Bonchev–Trinajstić information content (AvgIpc) is 2.08. The second kappa shape index (κ2) is 4.60. The maximum atomic E-state index is 10.7. The summed E-state index contributed by atoms with van der Waals surface area (Å²) in [7, 11) is 2.84. The normalized spacial score (nSPS) is 12.2. The molecule has 0 aliphatic rings. The van der Waals surface area contributed by atoms with E-state index >= 15 is 0 Å². The Balaban J connectivity index is 2.70. The summed E-state index contributed by atoms with van der Waals surface area (Å²) in [6, 6.07) is 6.04. The highest BCUT2D eigenvalue weighted by atomic mass is 35.7. The Morgan fingerprint density at radius 2 is 1.85 bits per heavy atom. The van der Waals surface area contributed by atoms with Crippen molar-refractivity contribution in [2.75, 3.05) is 0 Å². The molecule has 6 heteroatoms. The Kier molecular flexibility index (Phi) is 3.71. The molecule has 0 saturated carbocycles.